The molecule has 1 atom stereocenters. The lowest BCUT2D eigenvalue weighted by atomic mass is 10.0. The van der Waals surface area contributed by atoms with Crippen molar-refractivity contribution in [2.24, 2.45) is 7.05 Å². The number of hydrogen-bond acceptors (Lipinski definition) is 2. The Hall–Kier alpha value is -0.910. The van der Waals surface area contributed by atoms with Gasteiger partial charge in [0.2, 0.25) is 0 Å². The molecular formula is C14H16BrClFN3. The molecule has 0 spiro atoms. The SMILES string of the molecule is CCCNC(c1ccc(Br)c(Cl)c1F)c1ccnn1C. The van der Waals surface area contributed by atoms with E-state index in [9.17, 15) is 4.39 Å². The number of benzene rings is 1. The van der Waals surface area contributed by atoms with Crippen LogP contribution in [0.25, 0.3) is 0 Å². The van der Waals surface area contributed by atoms with Crippen molar-refractivity contribution in [3.05, 3.63) is 51.0 Å². The van der Waals surface area contributed by atoms with Gasteiger partial charge in [-0.05, 0) is 41.0 Å². The van der Waals surface area contributed by atoms with Crippen LogP contribution in [0, 0.1) is 5.82 Å². The molecular weight excluding hydrogens is 345 g/mol. The summed E-state index contributed by atoms with van der Waals surface area (Å²) in [5.41, 5.74) is 1.42. The molecule has 0 fully saturated rings. The van der Waals surface area contributed by atoms with Crippen molar-refractivity contribution >= 4 is 27.5 Å². The maximum Gasteiger partial charge on any atom is 0.148 e. The van der Waals surface area contributed by atoms with Gasteiger partial charge in [-0.25, -0.2) is 4.39 Å². The van der Waals surface area contributed by atoms with Gasteiger partial charge < -0.3 is 5.32 Å². The van der Waals surface area contributed by atoms with Crippen molar-refractivity contribution in [1.82, 2.24) is 15.1 Å². The van der Waals surface area contributed by atoms with Gasteiger partial charge in [-0.3, -0.25) is 4.68 Å². The predicted octanol–water partition coefficient (Wildman–Crippen LogP) is 4.06. The summed E-state index contributed by atoms with van der Waals surface area (Å²) in [6.45, 7) is 2.85. The second kappa shape index (κ2) is 6.70. The molecule has 1 unspecified atom stereocenters. The normalized spacial score (nSPS) is 12.7. The molecule has 1 aromatic carbocycles. The predicted molar refractivity (Wildman–Crippen MR) is 82.5 cm³/mol. The van der Waals surface area contributed by atoms with Gasteiger partial charge in [0.25, 0.3) is 0 Å². The minimum atomic E-state index is -0.407. The molecule has 0 aliphatic heterocycles. The summed E-state index contributed by atoms with van der Waals surface area (Å²) in [5, 5.41) is 7.60. The summed E-state index contributed by atoms with van der Waals surface area (Å²) in [6.07, 6.45) is 2.66. The van der Waals surface area contributed by atoms with Gasteiger partial charge in [-0.15, -0.1) is 0 Å². The first-order chi connectivity index (χ1) is 9.56. The summed E-state index contributed by atoms with van der Waals surface area (Å²) in [4.78, 5) is 0. The van der Waals surface area contributed by atoms with Crippen LogP contribution in [0.1, 0.15) is 30.6 Å². The monoisotopic (exact) mass is 359 g/mol. The van der Waals surface area contributed by atoms with E-state index in [0.717, 1.165) is 18.7 Å². The number of halogens is 3. The third-order valence-corrected chi connectivity index (χ3v) is 4.39. The quantitative estimate of drug-likeness (QED) is 0.815. The lowest BCUT2D eigenvalue weighted by Gasteiger charge is -2.20. The Labute approximate surface area is 131 Å². The standard InChI is InChI=1S/C14H16BrClFN3/c1-3-7-18-14(11-6-8-19-20(11)2)9-4-5-10(15)12(16)13(9)17/h4-6,8,14,18H,3,7H2,1-2H3. The fourth-order valence-corrected chi connectivity index (χ4v) is 2.57. The molecule has 3 nitrogen and oxygen atoms in total. The largest absolute Gasteiger partial charge is 0.305 e. The first kappa shape index (κ1) is 15.5. The van der Waals surface area contributed by atoms with E-state index in [2.05, 4.69) is 33.3 Å². The van der Waals surface area contributed by atoms with Gasteiger partial charge in [0.1, 0.15) is 5.82 Å². The maximum absolute atomic E-state index is 14.4. The first-order valence-electron chi connectivity index (χ1n) is 6.41. The van der Waals surface area contributed by atoms with Gasteiger partial charge in [0, 0.05) is 23.3 Å². The topological polar surface area (TPSA) is 29.9 Å². The average Bonchev–Trinajstić information content (AvgIpc) is 2.85. The molecule has 0 saturated heterocycles. The van der Waals surface area contributed by atoms with Gasteiger partial charge >= 0.3 is 0 Å². The van der Waals surface area contributed by atoms with Crippen molar-refractivity contribution in [1.29, 1.82) is 0 Å². The highest BCUT2D eigenvalue weighted by atomic mass is 79.9. The highest BCUT2D eigenvalue weighted by Gasteiger charge is 2.22. The first-order valence-corrected chi connectivity index (χ1v) is 7.58. The second-order valence-electron chi connectivity index (χ2n) is 4.53. The Morgan fingerprint density at radius 3 is 2.80 bits per heavy atom. The second-order valence-corrected chi connectivity index (χ2v) is 5.76. The van der Waals surface area contributed by atoms with Gasteiger partial charge in [0.05, 0.1) is 16.8 Å². The van der Waals surface area contributed by atoms with Gasteiger partial charge in [-0.2, -0.15) is 5.10 Å². The van der Waals surface area contributed by atoms with Crippen LogP contribution in [-0.2, 0) is 7.05 Å². The lowest BCUT2D eigenvalue weighted by Crippen LogP contribution is -2.26. The third-order valence-electron chi connectivity index (χ3n) is 3.13. The molecule has 1 N–H and O–H groups in total. The van der Waals surface area contributed by atoms with E-state index in [-0.39, 0.29) is 11.1 Å². The van der Waals surface area contributed by atoms with Crippen molar-refractivity contribution in [3.8, 4) is 0 Å². The van der Waals surface area contributed by atoms with Crippen LogP contribution in [0.2, 0.25) is 5.02 Å². The molecule has 0 radical (unpaired) electrons. The van der Waals surface area contributed by atoms with Crippen LogP contribution >= 0.6 is 27.5 Å². The number of rotatable bonds is 5. The average molecular weight is 361 g/mol. The number of nitrogens with zero attached hydrogens (tertiary/aromatic N) is 2. The molecule has 0 aliphatic rings. The summed E-state index contributed by atoms with van der Waals surface area (Å²) in [6, 6.07) is 5.11. The Bertz CT molecular complexity index is 600. The fraction of sp³-hybridized carbons (Fsp3) is 0.357. The van der Waals surface area contributed by atoms with Crippen LogP contribution in [-0.4, -0.2) is 16.3 Å². The van der Waals surface area contributed by atoms with E-state index in [1.165, 1.54) is 0 Å². The lowest BCUT2D eigenvalue weighted by molar-refractivity contribution is 0.520. The molecule has 0 amide bonds. The van der Waals surface area contributed by atoms with Crippen LogP contribution in [0.15, 0.2) is 28.9 Å². The number of hydrogen-bond donors (Lipinski definition) is 1. The molecule has 1 heterocycles. The Balaban J connectivity index is 2.47. The molecule has 0 bridgehead atoms. The van der Waals surface area contributed by atoms with Crippen molar-refractivity contribution in [3.63, 3.8) is 0 Å². The molecule has 0 aliphatic carbocycles. The van der Waals surface area contributed by atoms with Crippen LogP contribution in [0.4, 0.5) is 4.39 Å². The molecule has 0 saturated carbocycles. The molecule has 6 heteroatoms. The Morgan fingerprint density at radius 2 is 2.20 bits per heavy atom. The summed E-state index contributed by atoms with van der Waals surface area (Å²) >= 11 is 9.23. The molecule has 2 aromatic rings. The van der Waals surface area contributed by atoms with Crippen molar-refractivity contribution < 1.29 is 4.39 Å². The fourth-order valence-electron chi connectivity index (χ4n) is 2.09. The number of aryl methyl sites for hydroxylation is 1. The highest BCUT2D eigenvalue weighted by Crippen LogP contribution is 2.32. The third kappa shape index (κ3) is 3.05. The molecule has 108 valence electrons. The minimum Gasteiger partial charge on any atom is -0.305 e. The van der Waals surface area contributed by atoms with E-state index in [1.807, 2.05) is 13.1 Å². The summed E-state index contributed by atoms with van der Waals surface area (Å²) in [5.74, 6) is -0.407. The van der Waals surface area contributed by atoms with E-state index in [1.54, 1.807) is 23.0 Å². The number of aromatic nitrogens is 2. The van der Waals surface area contributed by atoms with E-state index < -0.39 is 5.82 Å². The smallest absolute Gasteiger partial charge is 0.148 e. The van der Waals surface area contributed by atoms with E-state index in [4.69, 9.17) is 11.6 Å². The Kier molecular flexibility index (Phi) is 5.18. The minimum absolute atomic E-state index is 0.105. The van der Waals surface area contributed by atoms with Crippen LogP contribution in [0.3, 0.4) is 0 Å². The zero-order valence-electron chi connectivity index (χ0n) is 11.3. The van der Waals surface area contributed by atoms with Crippen molar-refractivity contribution in [2.75, 3.05) is 6.54 Å². The van der Waals surface area contributed by atoms with Gasteiger partial charge in [0.15, 0.2) is 0 Å². The molecule has 1 aromatic heterocycles. The van der Waals surface area contributed by atoms with E-state index in [0.29, 0.717) is 10.0 Å². The van der Waals surface area contributed by atoms with Crippen LogP contribution < -0.4 is 5.32 Å². The molecule has 20 heavy (non-hydrogen) atoms. The Morgan fingerprint density at radius 1 is 1.45 bits per heavy atom. The summed E-state index contributed by atoms with van der Waals surface area (Å²) < 4.78 is 16.7. The molecule has 2 rings (SSSR count). The van der Waals surface area contributed by atoms with Crippen molar-refractivity contribution in [2.45, 2.75) is 19.4 Å². The van der Waals surface area contributed by atoms with Crippen LogP contribution in [0.5, 0.6) is 0 Å². The zero-order valence-corrected chi connectivity index (χ0v) is 13.7. The van der Waals surface area contributed by atoms with E-state index >= 15 is 0 Å². The summed E-state index contributed by atoms with van der Waals surface area (Å²) in [7, 11) is 1.84. The maximum atomic E-state index is 14.4. The zero-order chi connectivity index (χ0) is 14.7. The van der Waals surface area contributed by atoms with Gasteiger partial charge in [-0.1, -0.05) is 24.6 Å². The number of nitrogens with one attached hydrogen (secondary N) is 1. The highest BCUT2D eigenvalue weighted by molar-refractivity contribution is 9.10.